The summed E-state index contributed by atoms with van der Waals surface area (Å²) < 4.78 is 7.41. The van der Waals surface area contributed by atoms with Gasteiger partial charge in [0.05, 0.1) is 6.21 Å². The Bertz CT molecular complexity index is 967. The van der Waals surface area contributed by atoms with Gasteiger partial charge >= 0.3 is 0 Å². The van der Waals surface area contributed by atoms with Crippen molar-refractivity contribution in [3.63, 3.8) is 0 Å². The SMILES string of the molecule is Cc1cc(/C=N/NC(=O)COc2cccc(Cl)c2)c(C)n1-c1ccccn1. The molecule has 0 spiro atoms. The lowest BCUT2D eigenvalue weighted by Crippen LogP contribution is -2.24. The number of nitrogens with zero attached hydrogens (tertiary/aromatic N) is 3. The molecule has 0 atom stereocenters. The second-order valence-electron chi connectivity index (χ2n) is 5.89. The largest absolute Gasteiger partial charge is 0.484 e. The van der Waals surface area contributed by atoms with Gasteiger partial charge < -0.3 is 9.30 Å². The molecular weight excluding hydrogens is 364 g/mol. The summed E-state index contributed by atoms with van der Waals surface area (Å²) in [4.78, 5) is 16.2. The number of hydrazone groups is 1. The number of aromatic nitrogens is 2. The summed E-state index contributed by atoms with van der Waals surface area (Å²) in [7, 11) is 0. The predicted octanol–water partition coefficient (Wildman–Crippen LogP) is 3.67. The summed E-state index contributed by atoms with van der Waals surface area (Å²) in [6, 6.07) is 14.6. The maximum absolute atomic E-state index is 11.9. The smallest absolute Gasteiger partial charge is 0.277 e. The highest BCUT2D eigenvalue weighted by molar-refractivity contribution is 6.30. The third-order valence-electron chi connectivity index (χ3n) is 3.91. The average molecular weight is 383 g/mol. The third-order valence-corrected chi connectivity index (χ3v) is 4.14. The molecule has 2 aromatic heterocycles. The van der Waals surface area contributed by atoms with E-state index in [0.29, 0.717) is 10.8 Å². The summed E-state index contributed by atoms with van der Waals surface area (Å²) in [5, 5.41) is 4.57. The lowest BCUT2D eigenvalue weighted by molar-refractivity contribution is -0.123. The fourth-order valence-electron chi connectivity index (χ4n) is 2.67. The lowest BCUT2D eigenvalue weighted by atomic mass is 10.3. The van der Waals surface area contributed by atoms with Crippen molar-refractivity contribution in [2.45, 2.75) is 13.8 Å². The van der Waals surface area contributed by atoms with E-state index in [1.165, 1.54) is 0 Å². The first-order chi connectivity index (χ1) is 13.0. The van der Waals surface area contributed by atoms with Crippen LogP contribution in [-0.4, -0.2) is 28.3 Å². The zero-order valence-corrected chi connectivity index (χ0v) is 15.8. The highest BCUT2D eigenvalue weighted by atomic mass is 35.5. The van der Waals surface area contributed by atoms with Gasteiger partial charge in [0.1, 0.15) is 11.6 Å². The van der Waals surface area contributed by atoms with Gasteiger partial charge in [-0.15, -0.1) is 0 Å². The standard InChI is InChI=1S/C20H19ClN4O2/c1-14-10-16(15(2)25(14)19-8-3-4-9-22-19)12-23-24-20(26)13-27-18-7-5-6-17(21)11-18/h3-12H,13H2,1-2H3,(H,24,26)/b23-12+. The van der Waals surface area contributed by atoms with Crippen molar-refractivity contribution in [3.8, 4) is 11.6 Å². The van der Waals surface area contributed by atoms with Crippen LogP contribution in [0.2, 0.25) is 5.02 Å². The van der Waals surface area contributed by atoms with Crippen LogP contribution < -0.4 is 10.2 Å². The Morgan fingerprint density at radius 2 is 2.11 bits per heavy atom. The van der Waals surface area contributed by atoms with Gasteiger partial charge in [0, 0.05) is 28.2 Å². The Labute approximate surface area is 162 Å². The van der Waals surface area contributed by atoms with Gasteiger partial charge in [-0.3, -0.25) is 4.79 Å². The fraction of sp³-hybridized carbons (Fsp3) is 0.150. The van der Waals surface area contributed by atoms with Crippen molar-refractivity contribution in [1.29, 1.82) is 0 Å². The molecule has 0 fully saturated rings. The molecular formula is C20H19ClN4O2. The Kier molecular flexibility index (Phi) is 5.88. The Hall–Kier alpha value is -3.12. The van der Waals surface area contributed by atoms with Crippen LogP contribution in [0.5, 0.6) is 5.75 Å². The van der Waals surface area contributed by atoms with Crippen LogP contribution in [0.15, 0.2) is 59.8 Å². The quantitative estimate of drug-likeness (QED) is 0.522. The molecule has 3 rings (SSSR count). The van der Waals surface area contributed by atoms with E-state index in [9.17, 15) is 4.79 Å². The Balaban J connectivity index is 1.61. The van der Waals surface area contributed by atoms with Gasteiger partial charge in [-0.1, -0.05) is 23.7 Å². The van der Waals surface area contributed by atoms with Crippen LogP contribution in [0.4, 0.5) is 0 Å². The minimum absolute atomic E-state index is 0.148. The molecule has 0 aliphatic rings. The fourth-order valence-corrected chi connectivity index (χ4v) is 2.85. The maximum atomic E-state index is 11.9. The molecule has 0 saturated carbocycles. The van der Waals surface area contributed by atoms with Gasteiger partial charge in [0.15, 0.2) is 6.61 Å². The number of carbonyl (C=O) groups excluding carboxylic acids is 1. The van der Waals surface area contributed by atoms with Gasteiger partial charge in [-0.25, -0.2) is 10.4 Å². The highest BCUT2D eigenvalue weighted by Crippen LogP contribution is 2.18. The maximum Gasteiger partial charge on any atom is 0.277 e. The van der Waals surface area contributed by atoms with Crippen LogP contribution in [0.3, 0.4) is 0 Å². The predicted molar refractivity (Wildman–Crippen MR) is 106 cm³/mol. The molecule has 0 saturated heterocycles. The molecule has 1 amide bonds. The van der Waals surface area contributed by atoms with Gasteiger partial charge in [0.25, 0.3) is 5.91 Å². The van der Waals surface area contributed by atoms with Crippen molar-refractivity contribution in [2.75, 3.05) is 6.61 Å². The first-order valence-electron chi connectivity index (χ1n) is 8.35. The number of aryl methyl sites for hydroxylation is 1. The zero-order chi connectivity index (χ0) is 19.2. The average Bonchev–Trinajstić information content (AvgIpc) is 2.94. The van der Waals surface area contributed by atoms with Crippen LogP contribution in [-0.2, 0) is 4.79 Å². The van der Waals surface area contributed by atoms with E-state index < -0.39 is 0 Å². The molecule has 1 N–H and O–H groups in total. The highest BCUT2D eigenvalue weighted by Gasteiger charge is 2.10. The van der Waals surface area contributed by atoms with Crippen molar-refractivity contribution in [2.24, 2.45) is 5.10 Å². The molecule has 1 aromatic carbocycles. The molecule has 6 nitrogen and oxygen atoms in total. The second-order valence-corrected chi connectivity index (χ2v) is 6.33. The van der Waals surface area contributed by atoms with Crippen molar-refractivity contribution < 1.29 is 9.53 Å². The van der Waals surface area contributed by atoms with E-state index in [0.717, 1.165) is 22.8 Å². The number of pyridine rings is 1. The third kappa shape index (κ3) is 4.74. The van der Waals surface area contributed by atoms with E-state index in [4.69, 9.17) is 16.3 Å². The number of amides is 1. The molecule has 0 radical (unpaired) electrons. The molecule has 7 heteroatoms. The number of benzene rings is 1. The molecule has 0 aliphatic carbocycles. The van der Waals surface area contributed by atoms with E-state index in [1.54, 1.807) is 36.7 Å². The number of ether oxygens (including phenoxy) is 1. The van der Waals surface area contributed by atoms with E-state index in [-0.39, 0.29) is 12.5 Å². The number of halogens is 1. The van der Waals surface area contributed by atoms with Gasteiger partial charge in [0.2, 0.25) is 0 Å². The summed E-state index contributed by atoms with van der Waals surface area (Å²) in [6.45, 7) is 3.83. The van der Waals surface area contributed by atoms with Crippen LogP contribution in [0, 0.1) is 13.8 Å². The molecule has 0 unspecified atom stereocenters. The van der Waals surface area contributed by atoms with E-state index in [1.807, 2.05) is 42.7 Å². The van der Waals surface area contributed by atoms with Crippen LogP contribution >= 0.6 is 11.6 Å². The number of hydrogen-bond acceptors (Lipinski definition) is 4. The van der Waals surface area contributed by atoms with E-state index >= 15 is 0 Å². The number of nitrogens with one attached hydrogen (secondary N) is 1. The number of hydrogen-bond donors (Lipinski definition) is 1. The first-order valence-corrected chi connectivity index (χ1v) is 8.73. The molecule has 2 heterocycles. The summed E-state index contributed by atoms with van der Waals surface area (Å²) in [5.74, 6) is 1.01. The van der Waals surface area contributed by atoms with Crippen LogP contribution in [0.1, 0.15) is 17.0 Å². The second kappa shape index (κ2) is 8.51. The lowest BCUT2D eigenvalue weighted by Gasteiger charge is -2.07. The zero-order valence-electron chi connectivity index (χ0n) is 15.0. The summed E-state index contributed by atoms with van der Waals surface area (Å²) in [5.41, 5.74) is 5.37. The minimum atomic E-state index is -0.357. The minimum Gasteiger partial charge on any atom is -0.484 e. The Morgan fingerprint density at radius 3 is 2.85 bits per heavy atom. The van der Waals surface area contributed by atoms with E-state index in [2.05, 4.69) is 15.5 Å². The van der Waals surface area contributed by atoms with Crippen molar-refractivity contribution in [1.82, 2.24) is 15.0 Å². The normalized spacial score (nSPS) is 10.9. The van der Waals surface area contributed by atoms with Crippen LogP contribution in [0.25, 0.3) is 5.82 Å². The molecule has 138 valence electrons. The number of rotatable bonds is 6. The molecule has 0 aliphatic heterocycles. The first kappa shape index (κ1) is 18.7. The van der Waals surface area contributed by atoms with Gasteiger partial charge in [-0.05, 0) is 50.2 Å². The van der Waals surface area contributed by atoms with Gasteiger partial charge in [-0.2, -0.15) is 5.10 Å². The molecule has 0 bridgehead atoms. The monoisotopic (exact) mass is 382 g/mol. The number of carbonyl (C=O) groups is 1. The topological polar surface area (TPSA) is 68.5 Å². The van der Waals surface area contributed by atoms with Crippen molar-refractivity contribution >= 4 is 23.7 Å². The molecule has 3 aromatic rings. The Morgan fingerprint density at radius 1 is 1.26 bits per heavy atom. The summed E-state index contributed by atoms with van der Waals surface area (Å²) in [6.07, 6.45) is 3.36. The summed E-state index contributed by atoms with van der Waals surface area (Å²) >= 11 is 5.87. The van der Waals surface area contributed by atoms with Crippen molar-refractivity contribution in [3.05, 3.63) is 76.7 Å². The molecule has 27 heavy (non-hydrogen) atoms.